The number of hydrogen-bond donors (Lipinski definition) is 0. The van der Waals surface area contributed by atoms with Crippen molar-refractivity contribution >= 4 is 11.8 Å². The predicted octanol–water partition coefficient (Wildman–Crippen LogP) is 2.85. The Balaban J connectivity index is 2.07. The molecule has 0 aromatic carbocycles. The highest BCUT2D eigenvalue weighted by atomic mass is 16.6. The molecular formula is C16H20O4. The summed E-state index contributed by atoms with van der Waals surface area (Å²) in [5.41, 5.74) is 0.103. The Kier molecular flexibility index (Phi) is 4.77. The summed E-state index contributed by atoms with van der Waals surface area (Å²) in [6, 6.07) is 0. The van der Waals surface area contributed by atoms with Crippen LogP contribution in [-0.4, -0.2) is 24.0 Å². The number of rotatable bonds is 5. The van der Waals surface area contributed by atoms with Crippen LogP contribution >= 0.6 is 0 Å². The molecule has 0 fully saturated rings. The van der Waals surface area contributed by atoms with Gasteiger partial charge in [-0.1, -0.05) is 38.5 Å². The lowest BCUT2D eigenvalue weighted by Crippen LogP contribution is -2.27. The molecule has 0 amide bonds. The van der Waals surface area contributed by atoms with Crippen LogP contribution in [0.25, 0.3) is 0 Å². The smallest absolute Gasteiger partial charge is 0.345 e. The number of carbonyl (C=O) groups excluding carboxylic acids is 2. The largest absolute Gasteiger partial charge is 0.481 e. The molecule has 0 aromatic heterocycles. The molecule has 2 atom stereocenters. The summed E-state index contributed by atoms with van der Waals surface area (Å²) < 4.78 is 10.9. The number of esters is 1. The van der Waals surface area contributed by atoms with Gasteiger partial charge in [0, 0.05) is 6.42 Å². The van der Waals surface area contributed by atoms with Gasteiger partial charge in [-0.25, -0.2) is 4.79 Å². The molecule has 0 bridgehead atoms. The highest BCUT2D eigenvalue weighted by molar-refractivity contribution is 6.21. The van der Waals surface area contributed by atoms with Crippen LogP contribution in [0.1, 0.15) is 39.5 Å². The number of Topliss-reactive ketones (excluding diaryl/α,β-unsaturated/α-hetero) is 1. The molecule has 2 aliphatic heterocycles. The first-order chi connectivity index (χ1) is 9.67. The molecule has 4 nitrogen and oxygen atoms in total. The minimum absolute atomic E-state index is 0.103. The molecule has 4 heteroatoms. The minimum atomic E-state index is -0.686. The first kappa shape index (κ1) is 14.6. The Hall–Kier alpha value is -1.84. The lowest BCUT2D eigenvalue weighted by molar-refractivity contribution is -0.147. The van der Waals surface area contributed by atoms with Crippen molar-refractivity contribution in [1.82, 2.24) is 0 Å². The highest BCUT2D eigenvalue weighted by Gasteiger charge is 2.42. The highest BCUT2D eigenvalue weighted by Crippen LogP contribution is 2.33. The molecule has 0 radical (unpaired) electrons. The van der Waals surface area contributed by atoms with Crippen LogP contribution in [0.4, 0.5) is 0 Å². The molecule has 108 valence electrons. The van der Waals surface area contributed by atoms with E-state index in [4.69, 9.17) is 9.47 Å². The number of allylic oxidation sites excluding steroid dienone is 3. The van der Waals surface area contributed by atoms with Gasteiger partial charge in [-0.15, -0.1) is 0 Å². The van der Waals surface area contributed by atoms with E-state index in [2.05, 4.69) is 0 Å². The van der Waals surface area contributed by atoms with Crippen molar-refractivity contribution in [1.29, 1.82) is 0 Å². The molecular weight excluding hydrogens is 256 g/mol. The van der Waals surface area contributed by atoms with Crippen molar-refractivity contribution in [3.8, 4) is 0 Å². The quantitative estimate of drug-likeness (QED) is 0.440. The normalized spacial score (nSPS) is 26.3. The maximum Gasteiger partial charge on any atom is 0.345 e. The summed E-state index contributed by atoms with van der Waals surface area (Å²) in [6.45, 7) is 4.07. The third-order valence-corrected chi connectivity index (χ3v) is 3.32. The van der Waals surface area contributed by atoms with Crippen LogP contribution in [0.5, 0.6) is 0 Å². The summed E-state index contributed by atoms with van der Waals surface area (Å²) in [7, 11) is 0. The van der Waals surface area contributed by atoms with Crippen molar-refractivity contribution in [2.24, 2.45) is 0 Å². The van der Waals surface area contributed by atoms with E-state index in [0.717, 1.165) is 19.3 Å². The lowest BCUT2D eigenvalue weighted by atomic mass is 10.0. The van der Waals surface area contributed by atoms with E-state index in [1.165, 1.54) is 0 Å². The van der Waals surface area contributed by atoms with Gasteiger partial charge >= 0.3 is 5.97 Å². The molecule has 0 saturated carbocycles. The zero-order valence-corrected chi connectivity index (χ0v) is 11.9. The summed E-state index contributed by atoms with van der Waals surface area (Å²) in [5, 5.41) is 0. The summed E-state index contributed by atoms with van der Waals surface area (Å²) in [5.74, 6) is -0.324. The van der Waals surface area contributed by atoms with E-state index in [0.29, 0.717) is 12.2 Å². The number of ketones is 1. The van der Waals surface area contributed by atoms with Crippen molar-refractivity contribution in [3.63, 3.8) is 0 Å². The van der Waals surface area contributed by atoms with Crippen LogP contribution < -0.4 is 0 Å². The standard InChI is InChI=1S/C16H20O4/c1-3-5-6-7-9-12-15(17)14-13(20-12)10-11(8-4-2)19-16(14)18/h5-7,9,11-12H,3-4,8,10H2,1-2H3/b6-5+,9-7+. The molecule has 2 rings (SSSR count). The molecule has 0 aliphatic carbocycles. The van der Waals surface area contributed by atoms with Crippen LogP contribution in [-0.2, 0) is 19.1 Å². The van der Waals surface area contributed by atoms with Crippen LogP contribution in [0, 0.1) is 0 Å². The zero-order valence-electron chi connectivity index (χ0n) is 11.9. The fourth-order valence-corrected chi connectivity index (χ4v) is 2.36. The molecule has 2 unspecified atom stereocenters. The molecule has 0 spiro atoms. The lowest BCUT2D eigenvalue weighted by Gasteiger charge is -2.21. The van der Waals surface area contributed by atoms with Gasteiger partial charge in [0.2, 0.25) is 5.78 Å². The third-order valence-electron chi connectivity index (χ3n) is 3.32. The van der Waals surface area contributed by atoms with E-state index in [1.807, 2.05) is 26.0 Å². The van der Waals surface area contributed by atoms with E-state index in [-0.39, 0.29) is 17.5 Å². The second kappa shape index (κ2) is 6.55. The molecule has 20 heavy (non-hydrogen) atoms. The van der Waals surface area contributed by atoms with Crippen molar-refractivity contribution in [3.05, 3.63) is 35.6 Å². The van der Waals surface area contributed by atoms with Gasteiger partial charge in [0.1, 0.15) is 17.4 Å². The first-order valence-electron chi connectivity index (χ1n) is 7.15. The van der Waals surface area contributed by atoms with E-state index >= 15 is 0 Å². The number of hydrogen-bond acceptors (Lipinski definition) is 4. The topological polar surface area (TPSA) is 52.6 Å². The Morgan fingerprint density at radius 2 is 2.00 bits per heavy atom. The van der Waals surface area contributed by atoms with Crippen LogP contribution in [0.2, 0.25) is 0 Å². The predicted molar refractivity (Wildman–Crippen MR) is 74.9 cm³/mol. The third kappa shape index (κ3) is 3.00. The zero-order chi connectivity index (χ0) is 14.5. The van der Waals surface area contributed by atoms with Gasteiger partial charge in [-0.05, 0) is 18.9 Å². The van der Waals surface area contributed by atoms with Crippen molar-refractivity contribution < 1.29 is 19.1 Å². The molecule has 2 aliphatic rings. The van der Waals surface area contributed by atoms with Crippen LogP contribution in [0.15, 0.2) is 35.6 Å². The molecule has 0 aromatic rings. The van der Waals surface area contributed by atoms with Gasteiger partial charge in [-0.2, -0.15) is 0 Å². The van der Waals surface area contributed by atoms with Crippen LogP contribution in [0.3, 0.4) is 0 Å². The number of cyclic esters (lactones) is 1. The second-order valence-corrected chi connectivity index (χ2v) is 4.94. The molecule has 2 heterocycles. The van der Waals surface area contributed by atoms with E-state index in [9.17, 15) is 9.59 Å². The second-order valence-electron chi connectivity index (χ2n) is 4.94. The summed E-state index contributed by atoms with van der Waals surface area (Å²) in [6.07, 6.45) is 9.62. The molecule has 0 saturated heterocycles. The molecule has 0 N–H and O–H groups in total. The van der Waals surface area contributed by atoms with E-state index in [1.54, 1.807) is 12.2 Å². The van der Waals surface area contributed by atoms with Crippen molar-refractivity contribution in [2.75, 3.05) is 0 Å². The Morgan fingerprint density at radius 3 is 2.70 bits per heavy atom. The van der Waals surface area contributed by atoms with Gasteiger partial charge < -0.3 is 9.47 Å². The minimum Gasteiger partial charge on any atom is -0.481 e. The first-order valence-corrected chi connectivity index (χ1v) is 7.15. The van der Waals surface area contributed by atoms with Crippen molar-refractivity contribution in [2.45, 2.75) is 51.7 Å². The SMILES string of the molecule is CC/C=C/C=C/C1OC2=C(C(=O)OC(CCC)C2)C1=O. The maximum atomic E-state index is 12.1. The summed E-state index contributed by atoms with van der Waals surface area (Å²) in [4.78, 5) is 24.0. The fraction of sp³-hybridized carbons (Fsp3) is 0.500. The average molecular weight is 276 g/mol. The van der Waals surface area contributed by atoms with Gasteiger partial charge in [-0.3, -0.25) is 4.79 Å². The Bertz CT molecular complexity index is 485. The number of ether oxygens (including phenoxy) is 2. The summed E-state index contributed by atoms with van der Waals surface area (Å²) >= 11 is 0. The fourth-order valence-electron chi connectivity index (χ4n) is 2.36. The van der Waals surface area contributed by atoms with Gasteiger partial charge in [0.05, 0.1) is 0 Å². The van der Waals surface area contributed by atoms with Gasteiger partial charge in [0.15, 0.2) is 6.10 Å². The monoisotopic (exact) mass is 276 g/mol. The average Bonchev–Trinajstić information content (AvgIpc) is 2.72. The van der Waals surface area contributed by atoms with E-state index < -0.39 is 12.1 Å². The Labute approximate surface area is 119 Å². The number of carbonyl (C=O) groups is 2. The Morgan fingerprint density at radius 1 is 1.20 bits per heavy atom. The van der Waals surface area contributed by atoms with Gasteiger partial charge in [0.25, 0.3) is 0 Å². The maximum absolute atomic E-state index is 12.1.